The highest BCUT2D eigenvalue weighted by Gasteiger charge is 2.40. The number of hydrogen-bond donors (Lipinski definition) is 2. The van der Waals surface area contributed by atoms with Crippen molar-refractivity contribution in [1.82, 2.24) is 29.7 Å². The highest BCUT2D eigenvalue weighted by atomic mass is 16.6. The van der Waals surface area contributed by atoms with Crippen molar-refractivity contribution < 1.29 is 19.1 Å². The van der Waals surface area contributed by atoms with E-state index in [1.807, 2.05) is 63.7 Å². The van der Waals surface area contributed by atoms with Gasteiger partial charge in [0.2, 0.25) is 0 Å². The number of likely N-dealkylation sites (tertiary alicyclic amines) is 2. The first-order valence-corrected chi connectivity index (χ1v) is 18.4. The van der Waals surface area contributed by atoms with Crippen LogP contribution in [-0.4, -0.2) is 65.2 Å². The van der Waals surface area contributed by atoms with Crippen LogP contribution in [0.5, 0.6) is 0 Å². The quantitative estimate of drug-likeness (QED) is 0.188. The van der Waals surface area contributed by atoms with Crippen molar-refractivity contribution in [1.29, 1.82) is 0 Å². The number of ether oxygens (including phenoxy) is 2. The molecule has 272 valence electrons. The summed E-state index contributed by atoms with van der Waals surface area (Å²) in [7, 11) is 0. The topological polar surface area (TPSA) is 116 Å². The summed E-state index contributed by atoms with van der Waals surface area (Å²) in [4.78, 5) is 46.2. The summed E-state index contributed by atoms with van der Waals surface area (Å²) in [5, 5.41) is 2.26. The lowest BCUT2D eigenvalue weighted by atomic mass is 9.98. The third-order valence-electron chi connectivity index (χ3n) is 10.0. The van der Waals surface area contributed by atoms with E-state index in [9.17, 15) is 9.59 Å². The molecule has 4 heterocycles. The molecule has 10 nitrogen and oxygen atoms in total. The van der Waals surface area contributed by atoms with Crippen LogP contribution >= 0.6 is 0 Å². The first-order chi connectivity index (χ1) is 24.6. The summed E-state index contributed by atoms with van der Waals surface area (Å²) in [5.74, 6) is 1.57. The van der Waals surface area contributed by atoms with E-state index in [-0.39, 0.29) is 36.4 Å². The monoisotopic (exact) mass is 702 g/mol. The van der Waals surface area contributed by atoms with Gasteiger partial charge in [-0.15, -0.1) is 0 Å². The van der Waals surface area contributed by atoms with Gasteiger partial charge in [0.1, 0.15) is 22.9 Å². The minimum Gasteiger partial charge on any atom is -0.444 e. The number of imidazole rings is 2. The zero-order valence-electron chi connectivity index (χ0n) is 31.5. The van der Waals surface area contributed by atoms with Gasteiger partial charge in [0, 0.05) is 23.8 Å². The van der Waals surface area contributed by atoms with Crippen molar-refractivity contribution in [2.45, 2.75) is 116 Å². The summed E-state index contributed by atoms with van der Waals surface area (Å²) in [6, 6.07) is 21.3. The van der Waals surface area contributed by atoms with E-state index in [0.717, 1.165) is 81.7 Å². The molecule has 0 spiro atoms. The molecule has 2 amide bonds. The molecule has 0 saturated carbocycles. The van der Waals surface area contributed by atoms with E-state index in [1.54, 1.807) is 0 Å². The number of hydrogen-bond acceptors (Lipinski definition) is 6. The van der Waals surface area contributed by atoms with E-state index >= 15 is 0 Å². The molecule has 3 aromatic carbocycles. The van der Waals surface area contributed by atoms with Gasteiger partial charge in [0.05, 0.1) is 29.7 Å². The summed E-state index contributed by atoms with van der Waals surface area (Å²) >= 11 is 0. The molecule has 2 N–H and O–H groups in total. The van der Waals surface area contributed by atoms with Gasteiger partial charge in [-0.3, -0.25) is 9.80 Å². The first-order valence-electron chi connectivity index (χ1n) is 18.4. The van der Waals surface area contributed by atoms with E-state index in [0.29, 0.717) is 0 Å². The van der Waals surface area contributed by atoms with Crippen LogP contribution in [0, 0.1) is 0 Å². The standard InChI is InChI=1S/C42H50N6O4/c1-25-9-19-35(47(25)39(49)51-41(3,4)5)37-43-23-33(45-37)28-13-11-27(12-14-28)29-15-16-31-22-32(18-17-30(31)21-29)34-24-44-38(46-34)36-20-10-26(2)48(36)40(50)52-42(6,7)8/h11-18,21-26,35-36H,9-10,19-20H2,1-8H3,(H,43,45)(H,44,46)/t25-,26-,35+,36+/m1/s1. The summed E-state index contributed by atoms with van der Waals surface area (Å²) in [6.07, 6.45) is 6.67. The second-order valence-electron chi connectivity index (χ2n) is 16.4. The Morgan fingerprint density at radius 2 is 1.17 bits per heavy atom. The normalized spacial score (nSPS) is 20.8. The molecule has 0 radical (unpaired) electrons. The van der Waals surface area contributed by atoms with Crippen molar-refractivity contribution in [3.05, 3.63) is 84.7 Å². The fourth-order valence-corrected chi connectivity index (χ4v) is 7.48. The minimum absolute atomic E-state index is 0.0853. The number of benzene rings is 3. The molecule has 10 heteroatoms. The van der Waals surface area contributed by atoms with Gasteiger partial charge in [0.15, 0.2) is 0 Å². The highest BCUT2D eigenvalue weighted by molar-refractivity contribution is 5.90. The molecule has 4 atom stereocenters. The second-order valence-corrected chi connectivity index (χ2v) is 16.4. The second kappa shape index (κ2) is 13.5. The van der Waals surface area contributed by atoms with E-state index < -0.39 is 11.2 Å². The van der Waals surface area contributed by atoms with Crippen LogP contribution in [0.3, 0.4) is 0 Å². The summed E-state index contributed by atoms with van der Waals surface area (Å²) < 4.78 is 11.4. The molecule has 2 aromatic heterocycles. The molecule has 0 unspecified atom stereocenters. The molecule has 2 aliphatic rings. The van der Waals surface area contributed by atoms with Gasteiger partial charge in [-0.1, -0.05) is 48.5 Å². The lowest BCUT2D eigenvalue weighted by molar-refractivity contribution is 0.0141. The fraction of sp³-hybridized carbons (Fsp3) is 0.429. The number of nitrogens with zero attached hydrogens (tertiary/aromatic N) is 4. The number of carbonyl (C=O) groups excluding carboxylic acids is 2. The smallest absolute Gasteiger partial charge is 0.411 e. The Bertz CT molecular complexity index is 2090. The fourth-order valence-electron chi connectivity index (χ4n) is 7.48. The van der Waals surface area contributed by atoms with Gasteiger partial charge in [-0.05, 0) is 121 Å². The largest absolute Gasteiger partial charge is 0.444 e. The first kappa shape index (κ1) is 35.3. The average Bonchev–Trinajstić information content (AvgIpc) is 3.89. The van der Waals surface area contributed by atoms with E-state index in [2.05, 4.69) is 84.5 Å². The third kappa shape index (κ3) is 7.29. The highest BCUT2D eigenvalue weighted by Crippen LogP contribution is 2.39. The lowest BCUT2D eigenvalue weighted by Gasteiger charge is -2.30. The van der Waals surface area contributed by atoms with Crippen LogP contribution in [0.1, 0.15) is 105 Å². The minimum atomic E-state index is -0.555. The Labute approximate surface area is 305 Å². The molecule has 2 fully saturated rings. The molecule has 7 rings (SSSR count). The number of carbonyl (C=O) groups is 2. The molecule has 2 saturated heterocycles. The molecular weight excluding hydrogens is 653 g/mol. The Morgan fingerprint density at radius 1 is 0.673 bits per heavy atom. The number of aromatic nitrogens is 4. The van der Waals surface area contributed by atoms with Crippen LogP contribution in [0.2, 0.25) is 0 Å². The van der Waals surface area contributed by atoms with Crippen molar-refractivity contribution in [2.75, 3.05) is 0 Å². The van der Waals surface area contributed by atoms with Crippen molar-refractivity contribution >= 4 is 23.0 Å². The van der Waals surface area contributed by atoms with Crippen LogP contribution in [0.25, 0.3) is 44.4 Å². The summed E-state index contributed by atoms with van der Waals surface area (Å²) in [5.41, 5.74) is 4.95. The maximum Gasteiger partial charge on any atom is 0.411 e. The number of nitrogens with one attached hydrogen (secondary N) is 2. The van der Waals surface area contributed by atoms with Crippen molar-refractivity contribution in [3.8, 4) is 33.6 Å². The number of amides is 2. The number of H-pyrrole nitrogens is 2. The molecule has 5 aromatic rings. The number of aromatic amines is 2. The van der Waals surface area contributed by atoms with Gasteiger partial charge < -0.3 is 19.4 Å². The summed E-state index contributed by atoms with van der Waals surface area (Å²) in [6.45, 7) is 15.5. The van der Waals surface area contributed by atoms with Crippen LogP contribution in [-0.2, 0) is 9.47 Å². The number of fused-ring (bicyclic) bond motifs is 1. The van der Waals surface area contributed by atoms with Gasteiger partial charge in [-0.2, -0.15) is 0 Å². The van der Waals surface area contributed by atoms with E-state index in [4.69, 9.17) is 19.4 Å². The van der Waals surface area contributed by atoms with Crippen molar-refractivity contribution in [2.24, 2.45) is 0 Å². The Kier molecular flexibility index (Phi) is 9.13. The maximum atomic E-state index is 13.0. The zero-order valence-corrected chi connectivity index (χ0v) is 31.5. The molecule has 0 bridgehead atoms. The molecule has 2 aliphatic heterocycles. The SMILES string of the molecule is C[C@@H]1CC[C@@H](c2nc(-c3ccc4cc(-c5ccc(-c6cnc([C@@H]7CC[C@@H](C)N7C(=O)OC(C)(C)C)[nH]6)cc5)ccc4c3)c[nH]2)N1C(=O)OC(C)(C)C. The molecule has 52 heavy (non-hydrogen) atoms. The Balaban J connectivity index is 1.05. The third-order valence-corrected chi connectivity index (χ3v) is 10.0. The van der Waals surface area contributed by atoms with E-state index in [1.165, 1.54) is 0 Å². The van der Waals surface area contributed by atoms with Crippen LogP contribution in [0.15, 0.2) is 73.1 Å². The predicted molar refractivity (Wildman–Crippen MR) is 204 cm³/mol. The molecular formula is C42H50N6O4. The van der Waals surface area contributed by atoms with Gasteiger partial charge in [0.25, 0.3) is 0 Å². The Hall–Kier alpha value is -5.12. The van der Waals surface area contributed by atoms with Gasteiger partial charge in [-0.25, -0.2) is 19.6 Å². The van der Waals surface area contributed by atoms with Crippen molar-refractivity contribution in [3.63, 3.8) is 0 Å². The van der Waals surface area contributed by atoms with Gasteiger partial charge >= 0.3 is 12.2 Å². The number of rotatable bonds is 5. The lowest BCUT2D eigenvalue weighted by Crippen LogP contribution is -2.40. The van der Waals surface area contributed by atoms with Crippen LogP contribution in [0.4, 0.5) is 9.59 Å². The predicted octanol–water partition coefficient (Wildman–Crippen LogP) is 10.2. The maximum absolute atomic E-state index is 13.0. The Morgan fingerprint density at radius 3 is 1.75 bits per heavy atom. The zero-order chi connectivity index (χ0) is 36.9. The molecule has 0 aliphatic carbocycles. The van der Waals surface area contributed by atoms with Crippen LogP contribution < -0.4 is 0 Å². The average molecular weight is 703 g/mol.